The first-order valence-electron chi connectivity index (χ1n) is 9.60. The van der Waals surface area contributed by atoms with E-state index in [1.54, 1.807) is 17.6 Å². The molecule has 2 aromatic rings. The molecule has 2 aliphatic carbocycles. The van der Waals surface area contributed by atoms with Gasteiger partial charge in [0.1, 0.15) is 5.75 Å². The van der Waals surface area contributed by atoms with Gasteiger partial charge in [-0.3, -0.25) is 4.79 Å². The van der Waals surface area contributed by atoms with Crippen LogP contribution in [0, 0.1) is 5.41 Å². The summed E-state index contributed by atoms with van der Waals surface area (Å²) < 4.78 is 42.6. The Hall–Kier alpha value is -2.15. The minimum Gasteiger partial charge on any atom is -0.406 e. The molecule has 0 spiro atoms. The van der Waals surface area contributed by atoms with Crippen LogP contribution in [0.3, 0.4) is 0 Å². The number of aromatic nitrogens is 1. The van der Waals surface area contributed by atoms with E-state index in [9.17, 15) is 18.0 Å². The monoisotopic (exact) mass is 421 g/mol. The lowest BCUT2D eigenvalue weighted by Crippen LogP contribution is -2.42. The van der Waals surface area contributed by atoms with Crippen LogP contribution in [0.15, 0.2) is 40.9 Å². The summed E-state index contributed by atoms with van der Waals surface area (Å²) in [6, 6.07) is 6.06. The maximum absolute atomic E-state index is 13.4. The van der Waals surface area contributed by atoms with Crippen LogP contribution in [-0.4, -0.2) is 17.1 Å². The van der Waals surface area contributed by atoms with Crippen molar-refractivity contribution in [2.24, 2.45) is 5.41 Å². The van der Waals surface area contributed by atoms with E-state index in [0.29, 0.717) is 24.8 Å². The number of Topliss-reactive ketones (excluding diaryl/α,β-unsaturated/α-hetero) is 1. The molecule has 0 aliphatic heterocycles. The number of nitrogens with zero attached hydrogens (tertiary/aromatic N) is 1. The van der Waals surface area contributed by atoms with Gasteiger partial charge in [0.25, 0.3) is 0 Å². The molecule has 154 valence electrons. The van der Waals surface area contributed by atoms with Crippen LogP contribution in [-0.2, 0) is 16.6 Å². The number of ether oxygens (including phenoxy) is 1. The number of hydrogen-bond acceptors (Lipinski definition) is 4. The minimum absolute atomic E-state index is 0.0827. The number of allylic oxidation sites excluding steroid dienone is 2. The van der Waals surface area contributed by atoms with Crippen molar-refractivity contribution in [3.05, 3.63) is 57.1 Å². The number of alkyl halides is 3. The number of thiazole rings is 1. The van der Waals surface area contributed by atoms with E-state index in [-0.39, 0.29) is 16.9 Å². The molecule has 0 N–H and O–H groups in total. The van der Waals surface area contributed by atoms with Crippen molar-refractivity contribution in [1.82, 2.24) is 4.98 Å². The molecule has 2 aliphatic rings. The number of fused-ring (bicyclic) bond motifs is 1. The topological polar surface area (TPSA) is 39.2 Å². The average Bonchev–Trinajstić information content (AvgIpc) is 3.06. The van der Waals surface area contributed by atoms with Gasteiger partial charge >= 0.3 is 6.36 Å². The molecule has 1 unspecified atom stereocenters. The molecule has 1 heterocycles. The van der Waals surface area contributed by atoms with E-state index in [2.05, 4.69) is 23.6 Å². The SMILES string of the molecule is CCC1(c2cccc(OC(F)(F)F)c2)C2=C(Cc3ncsc31)CC(C)(C)CC2=O. The molecule has 29 heavy (non-hydrogen) atoms. The molecule has 0 saturated carbocycles. The zero-order valence-corrected chi connectivity index (χ0v) is 17.3. The first-order valence-corrected chi connectivity index (χ1v) is 10.5. The first-order chi connectivity index (χ1) is 13.6. The molecule has 0 fully saturated rings. The molecule has 7 heteroatoms. The summed E-state index contributed by atoms with van der Waals surface area (Å²) in [6.07, 6.45) is -2.37. The summed E-state index contributed by atoms with van der Waals surface area (Å²) in [6.45, 7) is 6.14. The standard InChI is InChI=1S/C22H22F3NO2S/c1-4-21(14-6-5-7-15(9-14)28-22(23,24)25)18-13(8-16-19(21)29-12-26-16)10-20(2,3)11-17(18)27/h5-7,9,12H,4,8,10-11H2,1-3H3. The molecule has 1 aromatic carbocycles. The maximum atomic E-state index is 13.4. The summed E-state index contributed by atoms with van der Waals surface area (Å²) in [5.41, 5.74) is 4.22. The highest BCUT2D eigenvalue weighted by Crippen LogP contribution is 2.55. The van der Waals surface area contributed by atoms with Crippen molar-refractivity contribution in [2.75, 3.05) is 0 Å². The molecule has 1 atom stereocenters. The Kier molecular flexibility index (Phi) is 4.64. The third-order valence-electron chi connectivity index (χ3n) is 5.89. The van der Waals surface area contributed by atoms with Gasteiger partial charge < -0.3 is 4.74 Å². The van der Waals surface area contributed by atoms with Crippen molar-refractivity contribution in [3.63, 3.8) is 0 Å². The Morgan fingerprint density at radius 3 is 2.69 bits per heavy atom. The highest BCUT2D eigenvalue weighted by Gasteiger charge is 2.50. The number of rotatable bonds is 3. The first kappa shape index (κ1) is 20.1. The van der Waals surface area contributed by atoms with Crippen molar-refractivity contribution >= 4 is 17.1 Å². The van der Waals surface area contributed by atoms with E-state index in [4.69, 9.17) is 0 Å². The molecule has 0 bridgehead atoms. The van der Waals surface area contributed by atoms with E-state index >= 15 is 0 Å². The zero-order valence-electron chi connectivity index (χ0n) is 16.5. The third-order valence-corrected chi connectivity index (χ3v) is 6.92. The average molecular weight is 421 g/mol. The summed E-state index contributed by atoms with van der Waals surface area (Å²) in [4.78, 5) is 18.8. The summed E-state index contributed by atoms with van der Waals surface area (Å²) in [7, 11) is 0. The smallest absolute Gasteiger partial charge is 0.406 e. The lowest BCUT2D eigenvalue weighted by molar-refractivity contribution is -0.274. The van der Waals surface area contributed by atoms with Crippen molar-refractivity contribution in [2.45, 2.75) is 58.2 Å². The van der Waals surface area contributed by atoms with E-state index < -0.39 is 11.8 Å². The fourth-order valence-corrected chi connectivity index (χ4v) is 6.08. The number of ketones is 1. The highest BCUT2D eigenvalue weighted by atomic mass is 32.1. The van der Waals surface area contributed by atoms with Gasteiger partial charge in [-0.05, 0) is 36.0 Å². The van der Waals surface area contributed by atoms with E-state index in [1.165, 1.54) is 23.5 Å². The molecule has 0 amide bonds. The Morgan fingerprint density at radius 2 is 2.00 bits per heavy atom. The molecule has 1 aromatic heterocycles. The van der Waals surface area contributed by atoms with Gasteiger partial charge in [-0.2, -0.15) is 0 Å². The fraction of sp³-hybridized carbons (Fsp3) is 0.455. The minimum atomic E-state index is -4.77. The Morgan fingerprint density at radius 1 is 1.24 bits per heavy atom. The normalized spacial score (nSPS) is 23.6. The number of carbonyl (C=O) groups is 1. The molecule has 3 nitrogen and oxygen atoms in total. The second-order valence-corrected chi connectivity index (χ2v) is 9.41. The van der Waals surface area contributed by atoms with Gasteiger partial charge in [0.15, 0.2) is 5.78 Å². The predicted molar refractivity (Wildman–Crippen MR) is 105 cm³/mol. The molecular weight excluding hydrogens is 399 g/mol. The molecule has 4 rings (SSSR count). The number of hydrogen-bond donors (Lipinski definition) is 0. The van der Waals surface area contributed by atoms with E-state index in [0.717, 1.165) is 28.1 Å². The summed E-state index contributed by atoms with van der Waals surface area (Å²) >= 11 is 1.47. The van der Waals surface area contributed by atoms with Crippen LogP contribution < -0.4 is 4.74 Å². The van der Waals surface area contributed by atoms with Crippen molar-refractivity contribution in [3.8, 4) is 5.75 Å². The number of halogens is 3. The van der Waals surface area contributed by atoms with Gasteiger partial charge in [-0.1, -0.05) is 38.5 Å². The van der Waals surface area contributed by atoms with Crippen LogP contribution in [0.25, 0.3) is 0 Å². The Balaban J connectivity index is 1.94. The van der Waals surface area contributed by atoms with Gasteiger partial charge in [0.2, 0.25) is 0 Å². The van der Waals surface area contributed by atoms with Gasteiger partial charge in [-0.15, -0.1) is 24.5 Å². The number of benzene rings is 1. The quantitative estimate of drug-likeness (QED) is 0.612. The van der Waals surface area contributed by atoms with Crippen LogP contribution in [0.1, 0.15) is 56.2 Å². The van der Waals surface area contributed by atoms with Crippen LogP contribution >= 0.6 is 11.3 Å². The lowest BCUT2D eigenvalue weighted by atomic mass is 9.59. The van der Waals surface area contributed by atoms with Crippen LogP contribution in [0.4, 0.5) is 13.2 Å². The molecule has 0 radical (unpaired) electrons. The summed E-state index contributed by atoms with van der Waals surface area (Å²) in [5, 5.41) is 0. The highest BCUT2D eigenvalue weighted by molar-refractivity contribution is 7.10. The Bertz CT molecular complexity index is 1010. The molecular formula is C22H22F3NO2S. The zero-order chi connectivity index (χ0) is 21.0. The van der Waals surface area contributed by atoms with Crippen LogP contribution in [0.2, 0.25) is 0 Å². The predicted octanol–water partition coefficient (Wildman–Crippen LogP) is 5.98. The molecule has 0 saturated heterocycles. The van der Waals surface area contributed by atoms with Crippen molar-refractivity contribution in [1.29, 1.82) is 0 Å². The largest absolute Gasteiger partial charge is 0.573 e. The maximum Gasteiger partial charge on any atom is 0.573 e. The Labute approximate surface area is 171 Å². The summed E-state index contributed by atoms with van der Waals surface area (Å²) in [5.74, 6) is -0.190. The second kappa shape index (κ2) is 6.69. The number of carbonyl (C=O) groups excluding carboxylic acids is 1. The van der Waals surface area contributed by atoms with Crippen molar-refractivity contribution < 1.29 is 22.7 Å². The fourth-order valence-electron chi connectivity index (χ4n) is 4.97. The van der Waals surface area contributed by atoms with Crippen LogP contribution in [0.5, 0.6) is 5.75 Å². The van der Waals surface area contributed by atoms with Gasteiger partial charge in [-0.25, -0.2) is 4.98 Å². The lowest BCUT2D eigenvalue weighted by Gasteiger charge is -2.44. The van der Waals surface area contributed by atoms with Gasteiger partial charge in [0, 0.05) is 23.3 Å². The second-order valence-electron chi connectivity index (χ2n) is 8.56. The third kappa shape index (κ3) is 3.39. The van der Waals surface area contributed by atoms with Gasteiger partial charge in [0.05, 0.1) is 16.6 Å². The van der Waals surface area contributed by atoms with E-state index in [1.807, 2.05) is 6.92 Å².